The fourth-order valence-corrected chi connectivity index (χ4v) is 3.60. The number of rotatable bonds is 7. The van der Waals surface area contributed by atoms with Gasteiger partial charge in [0.05, 0.1) is 17.3 Å². The normalized spacial score (nSPS) is 12.1. The minimum atomic E-state index is -0.0225. The number of halogens is 1. The maximum atomic E-state index is 12.6. The van der Waals surface area contributed by atoms with E-state index in [4.69, 9.17) is 4.74 Å². The van der Waals surface area contributed by atoms with E-state index in [1.54, 1.807) is 7.11 Å². The molecular formula is C19H24BrN2O3+. The van der Waals surface area contributed by atoms with Crippen LogP contribution in [-0.2, 0) is 0 Å². The van der Waals surface area contributed by atoms with E-state index in [0.29, 0.717) is 17.8 Å². The molecule has 0 aliphatic rings. The molecule has 0 bridgehead atoms. The minimum Gasteiger partial charge on any atom is -0.496 e. The van der Waals surface area contributed by atoms with Crippen molar-refractivity contribution in [3.63, 3.8) is 0 Å². The Kier molecular flexibility index (Phi) is 6.19. The SMILES string of the molecule is COc1ccc([C@@H](C)[NH2+]CC(=O)c2[nH]c(C)c(C(C)=O)c2C)cc1Br. The Bertz CT molecular complexity index is 811. The molecule has 1 aromatic heterocycles. The largest absolute Gasteiger partial charge is 0.496 e. The highest BCUT2D eigenvalue weighted by atomic mass is 79.9. The van der Waals surface area contributed by atoms with Crippen LogP contribution in [0, 0.1) is 13.8 Å². The van der Waals surface area contributed by atoms with Crippen LogP contribution in [0.25, 0.3) is 0 Å². The van der Waals surface area contributed by atoms with Gasteiger partial charge >= 0.3 is 0 Å². The van der Waals surface area contributed by atoms with E-state index in [1.165, 1.54) is 6.92 Å². The van der Waals surface area contributed by atoms with Crippen molar-refractivity contribution in [3.05, 3.63) is 50.8 Å². The summed E-state index contributed by atoms with van der Waals surface area (Å²) >= 11 is 3.48. The third-order valence-electron chi connectivity index (χ3n) is 4.43. The number of H-pyrrole nitrogens is 1. The van der Waals surface area contributed by atoms with Gasteiger partial charge in [0.15, 0.2) is 5.78 Å². The van der Waals surface area contributed by atoms with E-state index < -0.39 is 0 Å². The zero-order valence-corrected chi connectivity index (χ0v) is 16.8. The van der Waals surface area contributed by atoms with Crippen molar-refractivity contribution in [2.45, 2.75) is 33.7 Å². The Hall–Kier alpha value is -1.92. The maximum absolute atomic E-state index is 12.6. The lowest BCUT2D eigenvalue weighted by Gasteiger charge is -2.12. The highest BCUT2D eigenvalue weighted by molar-refractivity contribution is 9.10. The molecule has 5 nitrogen and oxygen atoms in total. The van der Waals surface area contributed by atoms with Gasteiger partial charge < -0.3 is 15.0 Å². The predicted molar refractivity (Wildman–Crippen MR) is 101 cm³/mol. The summed E-state index contributed by atoms with van der Waals surface area (Å²) in [6.07, 6.45) is 0. The molecule has 6 heteroatoms. The first-order chi connectivity index (χ1) is 11.8. The minimum absolute atomic E-state index is 0.00692. The van der Waals surface area contributed by atoms with Gasteiger partial charge in [-0.05, 0) is 67.4 Å². The van der Waals surface area contributed by atoms with Crippen molar-refractivity contribution in [3.8, 4) is 5.75 Å². The molecule has 2 rings (SSSR count). The van der Waals surface area contributed by atoms with Gasteiger partial charge in [-0.15, -0.1) is 0 Å². The Morgan fingerprint density at radius 1 is 1.32 bits per heavy atom. The monoisotopic (exact) mass is 407 g/mol. The number of aryl methyl sites for hydroxylation is 1. The second kappa shape index (κ2) is 7.97. The van der Waals surface area contributed by atoms with Gasteiger partial charge in [-0.25, -0.2) is 0 Å². The highest BCUT2D eigenvalue weighted by Crippen LogP contribution is 2.27. The Morgan fingerprint density at radius 2 is 2.00 bits per heavy atom. The van der Waals surface area contributed by atoms with E-state index in [1.807, 2.05) is 37.4 Å². The molecule has 2 aromatic rings. The van der Waals surface area contributed by atoms with Gasteiger partial charge in [-0.1, -0.05) is 0 Å². The molecule has 0 radical (unpaired) electrons. The number of Topliss-reactive ketones (excluding diaryl/α,β-unsaturated/α-hetero) is 2. The fraction of sp³-hybridized carbons (Fsp3) is 0.368. The summed E-state index contributed by atoms with van der Waals surface area (Å²) in [5.74, 6) is 0.750. The third-order valence-corrected chi connectivity index (χ3v) is 5.05. The van der Waals surface area contributed by atoms with Crippen LogP contribution >= 0.6 is 15.9 Å². The van der Waals surface area contributed by atoms with Crippen molar-refractivity contribution < 1.29 is 19.6 Å². The fourth-order valence-electron chi connectivity index (χ4n) is 3.04. The van der Waals surface area contributed by atoms with E-state index in [2.05, 4.69) is 27.8 Å². The number of carbonyl (C=O) groups excluding carboxylic acids is 2. The standard InChI is InChI=1S/C19H23BrN2O3/c1-10-18(13(4)23)12(3)22-19(10)16(24)9-21-11(2)14-6-7-17(25-5)15(20)8-14/h6-8,11,21-22H,9H2,1-5H3/p+1/t11-/m1/s1. The van der Waals surface area contributed by atoms with Gasteiger partial charge in [0.2, 0.25) is 5.78 Å². The number of methoxy groups -OCH3 is 1. The zero-order chi connectivity index (χ0) is 18.7. The molecule has 3 N–H and O–H groups in total. The van der Waals surface area contributed by atoms with Crippen LogP contribution in [0.15, 0.2) is 22.7 Å². The number of quaternary nitrogens is 1. The zero-order valence-electron chi connectivity index (χ0n) is 15.2. The van der Waals surface area contributed by atoms with E-state index >= 15 is 0 Å². The smallest absolute Gasteiger partial charge is 0.233 e. The molecule has 25 heavy (non-hydrogen) atoms. The molecule has 0 unspecified atom stereocenters. The lowest BCUT2D eigenvalue weighted by molar-refractivity contribution is -0.681. The number of aromatic amines is 1. The molecule has 0 spiro atoms. The first-order valence-corrected chi connectivity index (χ1v) is 8.95. The molecule has 1 aromatic carbocycles. The number of hydrogen-bond acceptors (Lipinski definition) is 3. The van der Waals surface area contributed by atoms with Gasteiger partial charge in [-0.3, -0.25) is 9.59 Å². The summed E-state index contributed by atoms with van der Waals surface area (Å²) in [7, 11) is 1.63. The number of nitrogens with two attached hydrogens (primary N) is 1. The van der Waals surface area contributed by atoms with Crippen molar-refractivity contribution in [1.82, 2.24) is 4.98 Å². The van der Waals surface area contributed by atoms with Crippen molar-refractivity contribution >= 4 is 27.5 Å². The number of benzene rings is 1. The number of ether oxygens (including phenoxy) is 1. The summed E-state index contributed by atoms with van der Waals surface area (Å²) in [4.78, 5) is 27.3. The topological polar surface area (TPSA) is 75.8 Å². The van der Waals surface area contributed by atoms with E-state index in [9.17, 15) is 9.59 Å². The lowest BCUT2D eigenvalue weighted by Crippen LogP contribution is -2.86. The summed E-state index contributed by atoms with van der Waals surface area (Å²) in [5, 5.41) is 1.99. The molecule has 0 fully saturated rings. The molecule has 134 valence electrons. The molecule has 1 atom stereocenters. The van der Waals surface area contributed by atoms with Gasteiger partial charge in [-0.2, -0.15) is 0 Å². The number of carbonyl (C=O) groups is 2. The van der Waals surface area contributed by atoms with Gasteiger partial charge in [0.1, 0.15) is 18.3 Å². The third kappa shape index (κ3) is 4.19. The number of hydrogen-bond donors (Lipinski definition) is 2. The average Bonchev–Trinajstić information content (AvgIpc) is 2.86. The molecule has 0 aliphatic carbocycles. The highest BCUT2D eigenvalue weighted by Gasteiger charge is 2.21. The predicted octanol–water partition coefficient (Wildman–Crippen LogP) is 3.11. The second-order valence-corrected chi connectivity index (χ2v) is 7.08. The molecule has 0 saturated heterocycles. The summed E-state index contributed by atoms with van der Waals surface area (Å²) in [5.41, 5.74) is 3.74. The molecule has 1 heterocycles. The van der Waals surface area contributed by atoms with Crippen molar-refractivity contribution in [2.24, 2.45) is 0 Å². The number of aromatic nitrogens is 1. The summed E-state index contributed by atoms with van der Waals surface area (Å²) < 4.78 is 6.13. The summed E-state index contributed by atoms with van der Waals surface area (Å²) in [6.45, 7) is 7.52. The Labute approximate surface area is 156 Å². The lowest BCUT2D eigenvalue weighted by atomic mass is 10.0. The number of ketones is 2. The van der Waals surface area contributed by atoms with E-state index in [-0.39, 0.29) is 17.6 Å². The van der Waals surface area contributed by atoms with Crippen molar-refractivity contribution in [1.29, 1.82) is 0 Å². The second-order valence-electron chi connectivity index (χ2n) is 6.23. The van der Waals surface area contributed by atoms with Crippen LogP contribution in [0.1, 0.15) is 57.6 Å². The van der Waals surface area contributed by atoms with Crippen molar-refractivity contribution in [2.75, 3.05) is 13.7 Å². The molecule has 0 saturated carbocycles. The quantitative estimate of drug-likeness (QED) is 0.692. The van der Waals surface area contributed by atoms with Crippen LogP contribution in [0.5, 0.6) is 5.75 Å². The van der Waals surface area contributed by atoms with Crippen LogP contribution in [0.2, 0.25) is 0 Å². The Balaban J connectivity index is 2.08. The Morgan fingerprint density at radius 3 is 2.52 bits per heavy atom. The van der Waals surface area contributed by atoms with Crippen LogP contribution in [0.3, 0.4) is 0 Å². The molecule has 0 amide bonds. The first kappa shape index (κ1) is 19.4. The molecular weight excluding hydrogens is 384 g/mol. The van der Waals surface area contributed by atoms with Gasteiger partial charge in [0, 0.05) is 16.8 Å². The van der Waals surface area contributed by atoms with Crippen LogP contribution < -0.4 is 10.1 Å². The number of nitrogens with one attached hydrogen (secondary N) is 1. The van der Waals surface area contributed by atoms with Gasteiger partial charge in [0.25, 0.3) is 0 Å². The maximum Gasteiger partial charge on any atom is 0.233 e. The average molecular weight is 408 g/mol. The summed E-state index contributed by atoms with van der Waals surface area (Å²) in [6, 6.07) is 6.02. The van der Waals surface area contributed by atoms with Crippen LogP contribution in [0.4, 0.5) is 0 Å². The first-order valence-electron chi connectivity index (χ1n) is 8.16. The van der Waals surface area contributed by atoms with Crippen LogP contribution in [-0.4, -0.2) is 30.2 Å². The molecule has 0 aliphatic heterocycles. The van der Waals surface area contributed by atoms with E-state index in [0.717, 1.165) is 27.0 Å².